The molecule has 0 spiro atoms. The summed E-state index contributed by atoms with van der Waals surface area (Å²) in [6.07, 6.45) is 0. The minimum absolute atomic E-state index is 0.0296. The van der Waals surface area contributed by atoms with Gasteiger partial charge in [0.05, 0.1) is 24.9 Å². The molecule has 0 bridgehead atoms. The first kappa shape index (κ1) is 19.7. The van der Waals surface area contributed by atoms with Gasteiger partial charge in [-0.05, 0) is 24.3 Å². The standard InChI is InChI=1S/C19H14Cl2N2O5/c1-27-18(25)14-15(12-8-10(20)9-13(21)17(12)24)22-23(16(14)19(26)28-2)11-6-4-3-5-7-11/h3-9,24H,1-2H3. The van der Waals surface area contributed by atoms with Crippen molar-refractivity contribution >= 4 is 35.1 Å². The highest BCUT2D eigenvalue weighted by atomic mass is 35.5. The number of nitrogens with zero attached hydrogens (tertiary/aromatic N) is 2. The van der Waals surface area contributed by atoms with Crippen LogP contribution in [0.25, 0.3) is 16.9 Å². The van der Waals surface area contributed by atoms with Gasteiger partial charge in [0, 0.05) is 10.6 Å². The van der Waals surface area contributed by atoms with Crippen molar-refractivity contribution in [3.05, 3.63) is 63.8 Å². The Hall–Kier alpha value is -3.03. The highest BCUT2D eigenvalue weighted by molar-refractivity contribution is 6.36. The number of hydrogen-bond acceptors (Lipinski definition) is 6. The Labute approximate surface area is 170 Å². The minimum Gasteiger partial charge on any atom is -0.506 e. The summed E-state index contributed by atoms with van der Waals surface area (Å²) in [7, 11) is 2.34. The Morgan fingerprint density at radius 3 is 2.29 bits per heavy atom. The molecule has 1 N–H and O–H groups in total. The van der Waals surface area contributed by atoms with Gasteiger partial charge in [-0.15, -0.1) is 0 Å². The van der Waals surface area contributed by atoms with Crippen LogP contribution in [0.5, 0.6) is 5.75 Å². The highest BCUT2D eigenvalue weighted by Gasteiger charge is 2.32. The quantitative estimate of drug-likeness (QED) is 0.638. The lowest BCUT2D eigenvalue weighted by Gasteiger charge is -2.07. The average Bonchev–Trinajstić information content (AvgIpc) is 3.10. The summed E-state index contributed by atoms with van der Waals surface area (Å²) in [5, 5.41) is 15.0. The molecule has 0 aliphatic heterocycles. The minimum atomic E-state index is -0.840. The Bertz CT molecular complexity index is 1060. The summed E-state index contributed by atoms with van der Waals surface area (Å²) >= 11 is 12.1. The lowest BCUT2D eigenvalue weighted by atomic mass is 10.0. The zero-order valence-corrected chi connectivity index (χ0v) is 16.3. The lowest BCUT2D eigenvalue weighted by Crippen LogP contribution is -2.15. The number of hydrogen-bond donors (Lipinski definition) is 1. The van der Waals surface area contributed by atoms with Gasteiger partial charge in [0.15, 0.2) is 5.69 Å². The van der Waals surface area contributed by atoms with E-state index in [1.807, 2.05) is 0 Å². The fourth-order valence-corrected chi connectivity index (χ4v) is 3.18. The number of phenolic OH excluding ortho intramolecular Hbond substituents is 1. The van der Waals surface area contributed by atoms with E-state index in [9.17, 15) is 14.7 Å². The van der Waals surface area contributed by atoms with Crippen LogP contribution in [-0.4, -0.2) is 41.0 Å². The number of halogens is 2. The van der Waals surface area contributed by atoms with Crippen molar-refractivity contribution in [2.24, 2.45) is 0 Å². The van der Waals surface area contributed by atoms with Gasteiger partial charge >= 0.3 is 11.9 Å². The average molecular weight is 421 g/mol. The van der Waals surface area contributed by atoms with Crippen molar-refractivity contribution < 1.29 is 24.2 Å². The Morgan fingerprint density at radius 2 is 1.68 bits per heavy atom. The van der Waals surface area contributed by atoms with E-state index in [1.165, 1.54) is 23.9 Å². The molecule has 144 valence electrons. The lowest BCUT2D eigenvalue weighted by molar-refractivity contribution is 0.0549. The van der Waals surface area contributed by atoms with Crippen LogP contribution in [-0.2, 0) is 9.47 Å². The second-order valence-corrected chi connectivity index (χ2v) is 6.43. The van der Waals surface area contributed by atoms with Crippen LogP contribution in [0.1, 0.15) is 20.8 Å². The predicted molar refractivity (Wildman–Crippen MR) is 103 cm³/mol. The Balaban J connectivity index is 2.43. The van der Waals surface area contributed by atoms with Crippen LogP contribution < -0.4 is 0 Å². The molecule has 0 fully saturated rings. The van der Waals surface area contributed by atoms with Crippen LogP contribution >= 0.6 is 23.2 Å². The number of carbonyl (C=O) groups is 2. The van der Waals surface area contributed by atoms with Crippen molar-refractivity contribution in [3.63, 3.8) is 0 Å². The van der Waals surface area contributed by atoms with E-state index in [0.29, 0.717) is 5.69 Å². The fourth-order valence-electron chi connectivity index (χ4n) is 2.69. The molecule has 0 aliphatic rings. The number of ether oxygens (including phenoxy) is 2. The maximum absolute atomic E-state index is 12.5. The van der Waals surface area contributed by atoms with Crippen molar-refractivity contribution in [1.29, 1.82) is 0 Å². The van der Waals surface area contributed by atoms with E-state index >= 15 is 0 Å². The molecule has 0 amide bonds. The van der Waals surface area contributed by atoms with Crippen LogP contribution in [0.4, 0.5) is 0 Å². The number of aromatic hydroxyl groups is 1. The van der Waals surface area contributed by atoms with Crippen LogP contribution in [0.3, 0.4) is 0 Å². The number of aromatic nitrogens is 2. The van der Waals surface area contributed by atoms with Gasteiger partial charge in [-0.25, -0.2) is 14.3 Å². The van der Waals surface area contributed by atoms with Gasteiger partial charge in [-0.3, -0.25) is 0 Å². The third kappa shape index (κ3) is 3.42. The molecule has 0 radical (unpaired) electrons. The molecule has 0 unspecified atom stereocenters. The molecule has 0 aliphatic carbocycles. The van der Waals surface area contributed by atoms with Crippen LogP contribution in [0.2, 0.25) is 10.0 Å². The third-order valence-corrected chi connectivity index (χ3v) is 4.44. The third-order valence-electron chi connectivity index (χ3n) is 3.94. The first-order chi connectivity index (χ1) is 13.4. The topological polar surface area (TPSA) is 90.6 Å². The summed E-state index contributed by atoms with van der Waals surface area (Å²) in [4.78, 5) is 25.1. The molecule has 9 heteroatoms. The van der Waals surface area contributed by atoms with E-state index in [2.05, 4.69) is 5.10 Å². The Morgan fingerprint density at radius 1 is 1.04 bits per heavy atom. The number of phenols is 1. The monoisotopic (exact) mass is 420 g/mol. The van der Waals surface area contributed by atoms with Crippen LogP contribution in [0, 0.1) is 0 Å². The van der Waals surface area contributed by atoms with Crippen LogP contribution in [0.15, 0.2) is 42.5 Å². The van der Waals surface area contributed by atoms with E-state index in [4.69, 9.17) is 32.7 Å². The number of rotatable bonds is 4. The maximum atomic E-state index is 12.5. The summed E-state index contributed by atoms with van der Waals surface area (Å²) in [6, 6.07) is 11.4. The molecule has 28 heavy (non-hydrogen) atoms. The predicted octanol–water partition coefficient (Wildman–Crippen LogP) is 4.12. The SMILES string of the molecule is COC(=O)c1c(-c2cc(Cl)cc(Cl)c2O)nn(-c2ccccc2)c1C(=O)OC. The highest BCUT2D eigenvalue weighted by Crippen LogP contribution is 2.40. The van der Waals surface area contributed by atoms with E-state index in [0.717, 1.165) is 7.11 Å². The first-order valence-corrected chi connectivity index (χ1v) is 8.68. The normalized spacial score (nSPS) is 10.6. The van der Waals surface area contributed by atoms with E-state index < -0.39 is 11.9 Å². The Kier molecular flexibility index (Phi) is 5.58. The number of methoxy groups -OCH3 is 2. The molecule has 0 saturated heterocycles. The molecule has 7 nitrogen and oxygen atoms in total. The number of para-hydroxylation sites is 1. The van der Waals surface area contributed by atoms with E-state index in [-0.39, 0.29) is 38.3 Å². The van der Waals surface area contributed by atoms with Gasteiger partial charge in [0.1, 0.15) is 17.0 Å². The zero-order valence-electron chi connectivity index (χ0n) is 14.8. The molecule has 2 aromatic carbocycles. The molecular formula is C19H14Cl2N2O5. The summed E-state index contributed by atoms with van der Waals surface area (Å²) < 4.78 is 10.9. The molecule has 1 heterocycles. The van der Waals surface area contributed by atoms with Crippen molar-refractivity contribution in [2.75, 3.05) is 14.2 Å². The summed E-state index contributed by atoms with van der Waals surface area (Å²) in [5.41, 5.74) is 0.181. The second kappa shape index (κ2) is 7.92. The molecule has 0 saturated carbocycles. The number of esters is 2. The molecular weight excluding hydrogens is 407 g/mol. The first-order valence-electron chi connectivity index (χ1n) is 7.92. The zero-order chi connectivity index (χ0) is 20.4. The smallest absolute Gasteiger partial charge is 0.357 e. The van der Waals surface area contributed by atoms with Gasteiger partial charge in [0.2, 0.25) is 0 Å². The maximum Gasteiger partial charge on any atom is 0.357 e. The van der Waals surface area contributed by atoms with Crippen molar-refractivity contribution in [2.45, 2.75) is 0 Å². The number of benzene rings is 2. The van der Waals surface area contributed by atoms with Gasteiger partial charge < -0.3 is 14.6 Å². The van der Waals surface area contributed by atoms with Crippen molar-refractivity contribution in [1.82, 2.24) is 9.78 Å². The van der Waals surface area contributed by atoms with Gasteiger partial charge in [-0.1, -0.05) is 41.4 Å². The number of carbonyl (C=O) groups excluding carboxylic acids is 2. The van der Waals surface area contributed by atoms with Crippen molar-refractivity contribution in [3.8, 4) is 22.7 Å². The van der Waals surface area contributed by atoms with E-state index in [1.54, 1.807) is 30.3 Å². The van der Waals surface area contributed by atoms with Gasteiger partial charge in [0.25, 0.3) is 0 Å². The molecule has 1 aromatic heterocycles. The fraction of sp³-hybridized carbons (Fsp3) is 0.105. The second-order valence-electron chi connectivity index (χ2n) is 5.59. The molecule has 0 atom stereocenters. The summed E-state index contributed by atoms with van der Waals surface area (Å²) in [5.74, 6) is -1.99. The van der Waals surface area contributed by atoms with Gasteiger partial charge in [-0.2, -0.15) is 5.10 Å². The molecule has 3 rings (SSSR count). The largest absolute Gasteiger partial charge is 0.506 e. The summed E-state index contributed by atoms with van der Waals surface area (Å²) in [6.45, 7) is 0. The molecule has 3 aromatic rings.